The first-order chi connectivity index (χ1) is 13.0. The summed E-state index contributed by atoms with van der Waals surface area (Å²) in [5.41, 5.74) is 12.6. The number of pyridine rings is 2. The Labute approximate surface area is 156 Å². The number of nitriles is 1. The summed E-state index contributed by atoms with van der Waals surface area (Å²) >= 11 is 0. The van der Waals surface area contributed by atoms with Crippen LogP contribution in [0.2, 0.25) is 0 Å². The third-order valence-corrected chi connectivity index (χ3v) is 4.71. The number of nitrogens with zero attached hydrogens (tertiary/aromatic N) is 5. The van der Waals surface area contributed by atoms with Gasteiger partial charge in [-0.2, -0.15) is 10.4 Å². The van der Waals surface area contributed by atoms with Crippen LogP contribution in [0.15, 0.2) is 42.7 Å². The van der Waals surface area contributed by atoms with Crippen LogP contribution in [-0.4, -0.2) is 19.7 Å². The molecule has 0 spiro atoms. The lowest BCUT2D eigenvalue weighted by molar-refractivity contribution is 0.756. The summed E-state index contributed by atoms with van der Waals surface area (Å²) in [4.78, 5) is 8.91. The van der Waals surface area contributed by atoms with E-state index in [2.05, 4.69) is 21.1 Å². The van der Waals surface area contributed by atoms with E-state index in [-0.39, 0.29) is 5.82 Å². The molecule has 0 aliphatic carbocycles. The Balaban J connectivity index is 2.08. The molecule has 0 atom stereocenters. The zero-order valence-corrected chi connectivity index (χ0v) is 15.4. The molecule has 0 bridgehead atoms. The Bertz CT molecular complexity index is 1230. The van der Waals surface area contributed by atoms with E-state index in [1.807, 2.05) is 57.4 Å². The van der Waals surface area contributed by atoms with Crippen LogP contribution in [0.5, 0.6) is 0 Å². The van der Waals surface area contributed by atoms with Crippen LogP contribution in [0.25, 0.3) is 33.3 Å². The molecule has 0 amide bonds. The minimum absolute atomic E-state index is 0.216. The second kappa shape index (κ2) is 6.22. The molecule has 6 nitrogen and oxygen atoms in total. The van der Waals surface area contributed by atoms with Crippen molar-refractivity contribution in [2.75, 3.05) is 5.73 Å². The number of anilines is 1. The largest absolute Gasteiger partial charge is 0.383 e. The number of nitrogen functional groups attached to an aromatic ring is 1. The third-order valence-electron chi connectivity index (χ3n) is 4.71. The maximum Gasteiger partial charge on any atom is 0.142 e. The van der Waals surface area contributed by atoms with Crippen molar-refractivity contribution in [1.29, 1.82) is 5.26 Å². The van der Waals surface area contributed by atoms with Crippen molar-refractivity contribution in [2.24, 2.45) is 7.05 Å². The molecule has 6 heteroatoms. The highest BCUT2D eigenvalue weighted by Gasteiger charge is 2.18. The summed E-state index contributed by atoms with van der Waals surface area (Å²) in [5.74, 6) is 0.216. The van der Waals surface area contributed by atoms with Gasteiger partial charge >= 0.3 is 0 Å². The first kappa shape index (κ1) is 16.7. The lowest BCUT2D eigenvalue weighted by atomic mass is 9.92. The van der Waals surface area contributed by atoms with Gasteiger partial charge in [-0.1, -0.05) is 12.1 Å². The first-order valence-electron chi connectivity index (χ1n) is 8.55. The van der Waals surface area contributed by atoms with Crippen LogP contribution in [-0.2, 0) is 7.05 Å². The average Bonchev–Trinajstić information content (AvgIpc) is 2.99. The van der Waals surface area contributed by atoms with Gasteiger partial charge in [-0.05, 0) is 43.2 Å². The molecule has 0 saturated carbocycles. The molecule has 4 aromatic rings. The van der Waals surface area contributed by atoms with Crippen molar-refractivity contribution < 1.29 is 0 Å². The van der Waals surface area contributed by atoms with Gasteiger partial charge in [0.05, 0.1) is 16.9 Å². The van der Waals surface area contributed by atoms with Gasteiger partial charge in [0, 0.05) is 36.0 Å². The number of benzene rings is 1. The summed E-state index contributed by atoms with van der Waals surface area (Å²) in [7, 11) is 1.87. The van der Waals surface area contributed by atoms with Crippen molar-refractivity contribution in [3.8, 4) is 28.5 Å². The molecule has 27 heavy (non-hydrogen) atoms. The fraction of sp³-hybridized carbons (Fsp3) is 0.143. The second-order valence-electron chi connectivity index (χ2n) is 6.56. The highest BCUT2D eigenvalue weighted by molar-refractivity contribution is 5.99. The van der Waals surface area contributed by atoms with Crippen molar-refractivity contribution in [3.05, 3.63) is 59.5 Å². The van der Waals surface area contributed by atoms with Crippen LogP contribution < -0.4 is 5.73 Å². The molecule has 3 aromatic heterocycles. The van der Waals surface area contributed by atoms with Gasteiger partial charge in [-0.15, -0.1) is 0 Å². The smallest absolute Gasteiger partial charge is 0.142 e. The minimum atomic E-state index is 0.216. The van der Waals surface area contributed by atoms with E-state index < -0.39 is 0 Å². The summed E-state index contributed by atoms with van der Waals surface area (Å²) < 4.78 is 1.74. The van der Waals surface area contributed by atoms with E-state index in [4.69, 9.17) is 5.73 Å². The van der Waals surface area contributed by atoms with Gasteiger partial charge in [0.15, 0.2) is 0 Å². The van der Waals surface area contributed by atoms with E-state index in [1.54, 1.807) is 10.9 Å². The Kier molecular flexibility index (Phi) is 3.85. The number of fused-ring (bicyclic) bond motifs is 1. The van der Waals surface area contributed by atoms with Crippen LogP contribution in [0.1, 0.15) is 16.8 Å². The predicted molar refractivity (Wildman–Crippen MR) is 106 cm³/mol. The SMILES string of the molecule is Cc1ccc2ncccc2c1-c1cc(-c2cn(C)nc2C)nc(N)c1C#N. The van der Waals surface area contributed by atoms with Crippen LogP contribution in [0, 0.1) is 25.2 Å². The normalized spacial score (nSPS) is 10.9. The number of aromatic nitrogens is 4. The maximum absolute atomic E-state index is 9.74. The van der Waals surface area contributed by atoms with Gasteiger partial charge in [-0.3, -0.25) is 9.67 Å². The number of nitrogens with two attached hydrogens (primary N) is 1. The van der Waals surface area contributed by atoms with Gasteiger partial charge in [-0.25, -0.2) is 4.98 Å². The van der Waals surface area contributed by atoms with Crippen molar-refractivity contribution >= 4 is 16.7 Å². The zero-order chi connectivity index (χ0) is 19.1. The number of hydrogen-bond acceptors (Lipinski definition) is 5. The minimum Gasteiger partial charge on any atom is -0.383 e. The Morgan fingerprint density at radius 3 is 2.67 bits per heavy atom. The van der Waals surface area contributed by atoms with Gasteiger partial charge in [0.2, 0.25) is 0 Å². The fourth-order valence-electron chi connectivity index (χ4n) is 3.49. The highest BCUT2D eigenvalue weighted by Crippen LogP contribution is 2.37. The quantitative estimate of drug-likeness (QED) is 0.591. The molecule has 0 aliphatic heterocycles. The summed E-state index contributed by atoms with van der Waals surface area (Å²) in [6, 6.07) is 12.1. The van der Waals surface area contributed by atoms with Gasteiger partial charge in [0.25, 0.3) is 0 Å². The summed E-state index contributed by atoms with van der Waals surface area (Å²) in [6.45, 7) is 3.95. The molecule has 0 fully saturated rings. The van der Waals surface area contributed by atoms with E-state index in [0.29, 0.717) is 11.3 Å². The molecule has 0 saturated heterocycles. The molecule has 4 rings (SSSR count). The van der Waals surface area contributed by atoms with Gasteiger partial charge < -0.3 is 5.73 Å². The first-order valence-corrected chi connectivity index (χ1v) is 8.55. The molecular weight excluding hydrogens is 336 g/mol. The van der Waals surface area contributed by atoms with Crippen LogP contribution in [0.3, 0.4) is 0 Å². The molecular formula is C21H18N6. The molecule has 0 radical (unpaired) electrons. The second-order valence-corrected chi connectivity index (χ2v) is 6.56. The molecule has 132 valence electrons. The standard InChI is InChI=1S/C21H18N6/c1-12-6-7-18-14(5-4-8-24-18)20(12)15-9-19(25-21(23)16(15)10-22)17-11-27(3)26-13(17)2/h4-9,11H,1-3H3,(H2,23,25). The molecule has 2 N–H and O–H groups in total. The Hall–Kier alpha value is -3.72. The Morgan fingerprint density at radius 1 is 1.15 bits per heavy atom. The molecule has 0 unspecified atom stereocenters. The van der Waals surface area contributed by atoms with E-state index in [0.717, 1.165) is 38.9 Å². The predicted octanol–water partition coefficient (Wildman–Crippen LogP) is 3.77. The number of aryl methyl sites for hydroxylation is 3. The monoisotopic (exact) mass is 354 g/mol. The van der Waals surface area contributed by atoms with E-state index in [9.17, 15) is 5.26 Å². The van der Waals surface area contributed by atoms with Crippen LogP contribution >= 0.6 is 0 Å². The van der Waals surface area contributed by atoms with Crippen LogP contribution in [0.4, 0.5) is 5.82 Å². The summed E-state index contributed by atoms with van der Waals surface area (Å²) in [5, 5.41) is 15.1. The molecule has 0 aliphatic rings. The molecule has 1 aromatic carbocycles. The maximum atomic E-state index is 9.74. The number of hydrogen-bond donors (Lipinski definition) is 1. The lowest BCUT2D eigenvalue weighted by Gasteiger charge is -2.14. The highest BCUT2D eigenvalue weighted by atomic mass is 15.2. The topological polar surface area (TPSA) is 93.4 Å². The van der Waals surface area contributed by atoms with Crippen molar-refractivity contribution in [1.82, 2.24) is 19.7 Å². The van der Waals surface area contributed by atoms with Crippen molar-refractivity contribution in [2.45, 2.75) is 13.8 Å². The average molecular weight is 354 g/mol. The van der Waals surface area contributed by atoms with Gasteiger partial charge in [0.1, 0.15) is 17.5 Å². The summed E-state index contributed by atoms with van der Waals surface area (Å²) in [6.07, 6.45) is 3.67. The zero-order valence-electron chi connectivity index (χ0n) is 15.4. The fourth-order valence-corrected chi connectivity index (χ4v) is 3.49. The van der Waals surface area contributed by atoms with E-state index in [1.165, 1.54) is 0 Å². The van der Waals surface area contributed by atoms with E-state index >= 15 is 0 Å². The lowest BCUT2D eigenvalue weighted by Crippen LogP contribution is -2.01. The third kappa shape index (κ3) is 2.70. The van der Waals surface area contributed by atoms with Crippen molar-refractivity contribution in [3.63, 3.8) is 0 Å². The molecule has 3 heterocycles. The Morgan fingerprint density at radius 2 is 1.96 bits per heavy atom. The number of rotatable bonds is 2.